The molecule has 6 nitrogen and oxygen atoms in total. The highest BCUT2D eigenvalue weighted by molar-refractivity contribution is 5.79. The van der Waals surface area contributed by atoms with E-state index in [2.05, 4.69) is 15.2 Å². The first-order chi connectivity index (χ1) is 13.7. The molecule has 1 N–H and O–H groups in total. The van der Waals surface area contributed by atoms with Crippen LogP contribution in [0.4, 0.5) is 5.82 Å². The predicted octanol–water partition coefficient (Wildman–Crippen LogP) is 3.13. The third-order valence-corrected chi connectivity index (χ3v) is 5.87. The SMILES string of the molecule is O=C(CCCC(=O)N1CCN(c2ccccn2)CC1)NC1CCCCCCC1. The molecule has 0 aromatic carbocycles. The molecule has 2 fully saturated rings. The molecule has 0 spiro atoms. The third kappa shape index (κ3) is 6.50. The lowest BCUT2D eigenvalue weighted by atomic mass is 9.96. The first-order valence-electron chi connectivity index (χ1n) is 11.0. The molecule has 3 rings (SSSR count). The van der Waals surface area contributed by atoms with Crippen molar-refractivity contribution in [1.82, 2.24) is 15.2 Å². The number of pyridine rings is 1. The van der Waals surface area contributed by atoms with Crippen LogP contribution in [-0.4, -0.2) is 53.9 Å². The third-order valence-electron chi connectivity index (χ3n) is 5.87. The van der Waals surface area contributed by atoms with Crippen molar-refractivity contribution in [3.05, 3.63) is 24.4 Å². The van der Waals surface area contributed by atoms with E-state index >= 15 is 0 Å². The summed E-state index contributed by atoms with van der Waals surface area (Å²) in [4.78, 5) is 33.2. The number of anilines is 1. The summed E-state index contributed by atoms with van der Waals surface area (Å²) in [5.41, 5.74) is 0. The first kappa shape index (κ1) is 20.6. The van der Waals surface area contributed by atoms with Crippen LogP contribution in [0.25, 0.3) is 0 Å². The summed E-state index contributed by atoms with van der Waals surface area (Å²) in [5, 5.41) is 3.19. The predicted molar refractivity (Wildman–Crippen MR) is 111 cm³/mol. The minimum Gasteiger partial charge on any atom is -0.353 e. The number of nitrogens with one attached hydrogen (secondary N) is 1. The molecule has 0 unspecified atom stereocenters. The first-order valence-corrected chi connectivity index (χ1v) is 11.0. The fraction of sp³-hybridized carbons (Fsp3) is 0.682. The van der Waals surface area contributed by atoms with Gasteiger partial charge in [-0.05, 0) is 31.4 Å². The number of hydrogen-bond donors (Lipinski definition) is 1. The molecule has 6 heteroatoms. The Morgan fingerprint density at radius 3 is 2.36 bits per heavy atom. The lowest BCUT2D eigenvalue weighted by Gasteiger charge is -2.35. The van der Waals surface area contributed by atoms with Gasteiger partial charge in [-0.15, -0.1) is 0 Å². The van der Waals surface area contributed by atoms with Gasteiger partial charge in [0.05, 0.1) is 0 Å². The van der Waals surface area contributed by atoms with Gasteiger partial charge in [0, 0.05) is 51.3 Å². The standard InChI is InChI=1S/C22H34N4O2/c27-21(24-19-9-4-2-1-3-5-10-19)12-8-13-22(28)26-17-15-25(16-18-26)20-11-6-7-14-23-20/h6-7,11,14,19H,1-5,8-10,12-13,15-18H2,(H,24,27). The highest BCUT2D eigenvalue weighted by Gasteiger charge is 2.22. The molecule has 0 radical (unpaired) electrons. The van der Waals surface area contributed by atoms with E-state index in [-0.39, 0.29) is 11.8 Å². The Kier molecular flexibility index (Phi) is 8.12. The van der Waals surface area contributed by atoms with Gasteiger partial charge in [0.25, 0.3) is 0 Å². The van der Waals surface area contributed by atoms with Crippen molar-refractivity contribution in [2.75, 3.05) is 31.1 Å². The van der Waals surface area contributed by atoms with E-state index in [9.17, 15) is 9.59 Å². The maximum Gasteiger partial charge on any atom is 0.222 e. The van der Waals surface area contributed by atoms with Crippen LogP contribution < -0.4 is 10.2 Å². The van der Waals surface area contributed by atoms with Crippen molar-refractivity contribution in [3.8, 4) is 0 Å². The molecule has 1 aliphatic carbocycles. The molecule has 1 aliphatic heterocycles. The molecular weight excluding hydrogens is 352 g/mol. The van der Waals surface area contributed by atoms with Gasteiger partial charge < -0.3 is 15.1 Å². The summed E-state index contributed by atoms with van der Waals surface area (Å²) in [6.45, 7) is 3.07. The van der Waals surface area contributed by atoms with Gasteiger partial charge in [0.1, 0.15) is 5.82 Å². The molecule has 1 saturated carbocycles. The van der Waals surface area contributed by atoms with E-state index in [0.29, 0.717) is 25.3 Å². The second-order valence-corrected chi connectivity index (χ2v) is 8.02. The number of rotatable bonds is 6. The van der Waals surface area contributed by atoms with E-state index in [1.165, 1.54) is 32.1 Å². The molecule has 2 aliphatic rings. The Hall–Kier alpha value is -2.11. The van der Waals surface area contributed by atoms with E-state index in [1.54, 1.807) is 6.20 Å². The van der Waals surface area contributed by atoms with Crippen LogP contribution in [0, 0.1) is 0 Å². The lowest BCUT2D eigenvalue weighted by Crippen LogP contribution is -2.49. The Labute approximate surface area is 168 Å². The number of amides is 2. The maximum atomic E-state index is 12.5. The molecule has 0 bridgehead atoms. The molecule has 2 amide bonds. The van der Waals surface area contributed by atoms with Crippen LogP contribution in [0.15, 0.2) is 24.4 Å². The Morgan fingerprint density at radius 1 is 0.964 bits per heavy atom. The highest BCUT2D eigenvalue weighted by atomic mass is 16.2. The number of nitrogens with zero attached hydrogens (tertiary/aromatic N) is 3. The number of aromatic nitrogens is 1. The molecule has 0 atom stereocenters. The minimum atomic E-state index is 0.110. The van der Waals surface area contributed by atoms with Crippen molar-refractivity contribution in [2.24, 2.45) is 0 Å². The van der Waals surface area contributed by atoms with Crippen LogP contribution in [0.1, 0.15) is 64.2 Å². The van der Waals surface area contributed by atoms with Crippen molar-refractivity contribution in [2.45, 2.75) is 70.3 Å². The van der Waals surface area contributed by atoms with Gasteiger partial charge >= 0.3 is 0 Å². The van der Waals surface area contributed by atoms with Gasteiger partial charge in [-0.1, -0.05) is 38.2 Å². The average Bonchev–Trinajstić information content (AvgIpc) is 2.70. The Balaban J connectivity index is 1.31. The zero-order valence-electron chi connectivity index (χ0n) is 16.9. The minimum absolute atomic E-state index is 0.110. The van der Waals surface area contributed by atoms with E-state index in [1.807, 2.05) is 23.1 Å². The second kappa shape index (κ2) is 11.0. The van der Waals surface area contributed by atoms with Crippen molar-refractivity contribution in [3.63, 3.8) is 0 Å². The summed E-state index contributed by atoms with van der Waals surface area (Å²) >= 11 is 0. The lowest BCUT2D eigenvalue weighted by molar-refractivity contribution is -0.131. The number of carbonyl (C=O) groups excluding carboxylic acids is 2. The quantitative estimate of drug-likeness (QED) is 0.816. The Bertz CT molecular complexity index is 606. The average molecular weight is 387 g/mol. The fourth-order valence-electron chi connectivity index (χ4n) is 4.18. The summed E-state index contributed by atoms with van der Waals surface area (Å²) in [6.07, 6.45) is 11.9. The summed E-state index contributed by atoms with van der Waals surface area (Å²) < 4.78 is 0. The number of carbonyl (C=O) groups is 2. The van der Waals surface area contributed by atoms with E-state index < -0.39 is 0 Å². The van der Waals surface area contributed by atoms with Crippen LogP contribution in [0.5, 0.6) is 0 Å². The normalized spacial score (nSPS) is 19.0. The smallest absolute Gasteiger partial charge is 0.222 e. The Morgan fingerprint density at radius 2 is 1.68 bits per heavy atom. The van der Waals surface area contributed by atoms with E-state index in [4.69, 9.17) is 0 Å². The van der Waals surface area contributed by atoms with Crippen molar-refractivity contribution >= 4 is 17.6 Å². The van der Waals surface area contributed by atoms with Crippen LogP contribution in [0.2, 0.25) is 0 Å². The topological polar surface area (TPSA) is 65.5 Å². The zero-order valence-corrected chi connectivity index (χ0v) is 16.9. The van der Waals surface area contributed by atoms with Crippen molar-refractivity contribution < 1.29 is 9.59 Å². The zero-order chi connectivity index (χ0) is 19.6. The van der Waals surface area contributed by atoms with Gasteiger partial charge in [-0.2, -0.15) is 0 Å². The number of hydrogen-bond acceptors (Lipinski definition) is 4. The van der Waals surface area contributed by atoms with Gasteiger partial charge in [-0.25, -0.2) is 4.98 Å². The van der Waals surface area contributed by atoms with Gasteiger partial charge in [0.2, 0.25) is 11.8 Å². The second-order valence-electron chi connectivity index (χ2n) is 8.02. The van der Waals surface area contributed by atoms with Crippen LogP contribution in [0.3, 0.4) is 0 Å². The largest absolute Gasteiger partial charge is 0.353 e. The summed E-state index contributed by atoms with van der Waals surface area (Å²) in [6, 6.07) is 6.24. The summed E-state index contributed by atoms with van der Waals surface area (Å²) in [5.74, 6) is 1.25. The van der Waals surface area contributed by atoms with Crippen molar-refractivity contribution in [1.29, 1.82) is 0 Å². The van der Waals surface area contributed by atoms with Gasteiger partial charge in [0.15, 0.2) is 0 Å². The van der Waals surface area contributed by atoms with Gasteiger partial charge in [-0.3, -0.25) is 9.59 Å². The molecular formula is C22H34N4O2. The highest BCUT2D eigenvalue weighted by Crippen LogP contribution is 2.17. The number of piperazine rings is 1. The maximum absolute atomic E-state index is 12.5. The van der Waals surface area contributed by atoms with Crippen LogP contribution >= 0.6 is 0 Å². The molecule has 1 aromatic heterocycles. The molecule has 2 heterocycles. The summed E-state index contributed by atoms with van der Waals surface area (Å²) in [7, 11) is 0. The van der Waals surface area contributed by atoms with E-state index in [0.717, 1.165) is 44.8 Å². The molecule has 28 heavy (non-hydrogen) atoms. The fourth-order valence-corrected chi connectivity index (χ4v) is 4.18. The molecule has 1 aromatic rings. The molecule has 154 valence electrons. The van der Waals surface area contributed by atoms with Crippen LogP contribution in [-0.2, 0) is 9.59 Å². The monoisotopic (exact) mass is 386 g/mol. The molecule has 1 saturated heterocycles.